The average Bonchev–Trinajstić information content (AvgIpc) is 2.77. The summed E-state index contributed by atoms with van der Waals surface area (Å²) >= 11 is -1.94. The van der Waals surface area contributed by atoms with Crippen LogP contribution in [0.4, 0.5) is 0 Å². The van der Waals surface area contributed by atoms with Crippen LogP contribution in [0, 0.1) is 13.8 Å². The maximum absolute atomic E-state index is 6.73. The van der Waals surface area contributed by atoms with E-state index in [-0.39, 0.29) is 0 Å². The van der Waals surface area contributed by atoms with Gasteiger partial charge in [-0.15, -0.1) is 0 Å². The molecule has 3 heteroatoms. The van der Waals surface area contributed by atoms with E-state index in [0.29, 0.717) is 0 Å². The molecule has 1 aromatic heterocycles. The number of aromatic nitrogens is 1. The van der Waals surface area contributed by atoms with Crippen molar-refractivity contribution in [1.29, 1.82) is 0 Å². The molecule has 0 radical (unpaired) electrons. The van der Waals surface area contributed by atoms with E-state index in [1.165, 1.54) is 59.1 Å². The third kappa shape index (κ3) is 2.62. The molecular weight excluding hydrogens is 451 g/mol. The zero-order valence-corrected chi connectivity index (χ0v) is 21.7. The first kappa shape index (κ1) is 19.8. The predicted octanol–water partition coefficient (Wildman–Crippen LogP) is 6.91. The van der Waals surface area contributed by atoms with Crippen molar-refractivity contribution in [3.8, 4) is 22.8 Å². The van der Waals surface area contributed by atoms with Gasteiger partial charge in [0.05, 0.1) is 0 Å². The molecule has 2 nitrogen and oxygen atoms in total. The molecule has 6 rings (SSSR count). The summed E-state index contributed by atoms with van der Waals surface area (Å²) in [5, 5.41) is 7.68. The molecule has 0 saturated carbocycles. The first-order valence-corrected chi connectivity index (χ1v) is 18.7. The first-order valence-electron chi connectivity index (χ1n) is 11.4. The van der Waals surface area contributed by atoms with E-state index in [0.717, 1.165) is 11.5 Å². The normalized spacial score (nSPS) is 12.9. The third-order valence-corrected chi connectivity index (χ3v) is 11.5. The number of benzene rings is 4. The zero-order chi connectivity index (χ0) is 22.4. The van der Waals surface area contributed by atoms with Gasteiger partial charge in [-0.3, -0.25) is 0 Å². The molecule has 4 aromatic carbocycles. The fourth-order valence-electron chi connectivity index (χ4n) is 5.37. The number of hydrogen-bond acceptors (Lipinski definition) is 1. The Morgan fingerprint density at radius 1 is 0.781 bits per heavy atom. The molecule has 0 aliphatic carbocycles. The minimum absolute atomic E-state index is 0.967. The molecule has 158 valence electrons. The van der Waals surface area contributed by atoms with Crippen molar-refractivity contribution in [1.82, 2.24) is 0 Å². The van der Waals surface area contributed by atoms with E-state index in [9.17, 15) is 0 Å². The second-order valence-electron chi connectivity index (χ2n) is 10.2. The van der Waals surface area contributed by atoms with Gasteiger partial charge in [0, 0.05) is 0 Å². The van der Waals surface area contributed by atoms with Crippen LogP contribution in [0.2, 0.25) is 17.3 Å². The van der Waals surface area contributed by atoms with Gasteiger partial charge >= 0.3 is 192 Å². The standard InChI is InChI=1S/C29H28GeNO/c1-17-21-9-7-8-10-22(21)18(2)29-26(17)28-27-23(13-14-31(28)6)24-16-20(30(3,4)5)12-11-19(24)15-25(27)32-29/h7-16H,1-6H3/q+1. The van der Waals surface area contributed by atoms with Gasteiger partial charge in [0.25, 0.3) is 0 Å². The van der Waals surface area contributed by atoms with Crippen LogP contribution in [0.1, 0.15) is 11.1 Å². The van der Waals surface area contributed by atoms with Crippen molar-refractivity contribution < 1.29 is 9.30 Å². The molecule has 0 atom stereocenters. The zero-order valence-electron chi connectivity index (χ0n) is 19.6. The van der Waals surface area contributed by atoms with Gasteiger partial charge in [0.15, 0.2) is 0 Å². The monoisotopic (exact) mass is 480 g/mol. The number of nitrogens with zero attached hydrogens (tertiary/aromatic N) is 1. The third-order valence-electron chi connectivity index (χ3n) is 7.19. The van der Waals surface area contributed by atoms with Crippen molar-refractivity contribution >= 4 is 50.0 Å². The molecule has 0 spiro atoms. The molecule has 32 heavy (non-hydrogen) atoms. The molecule has 0 amide bonds. The summed E-state index contributed by atoms with van der Waals surface area (Å²) < 4.78 is 10.5. The van der Waals surface area contributed by atoms with Gasteiger partial charge in [0.1, 0.15) is 0 Å². The molecule has 0 N–H and O–H groups in total. The summed E-state index contributed by atoms with van der Waals surface area (Å²) in [6.07, 6.45) is 2.21. The number of ether oxygens (including phenoxy) is 1. The van der Waals surface area contributed by atoms with Crippen molar-refractivity contribution in [3.05, 3.63) is 71.9 Å². The van der Waals surface area contributed by atoms with Gasteiger partial charge in [-0.2, -0.15) is 0 Å². The second-order valence-corrected chi connectivity index (χ2v) is 20.9. The Kier molecular flexibility index (Phi) is 4.08. The van der Waals surface area contributed by atoms with E-state index in [1.807, 2.05) is 0 Å². The Hall–Kier alpha value is -2.85. The van der Waals surface area contributed by atoms with Crippen molar-refractivity contribution in [2.24, 2.45) is 7.05 Å². The van der Waals surface area contributed by atoms with Crippen LogP contribution in [0.3, 0.4) is 0 Å². The van der Waals surface area contributed by atoms with Crippen LogP contribution in [-0.2, 0) is 7.05 Å². The Morgan fingerprint density at radius 2 is 1.50 bits per heavy atom. The molecular formula is C29H28GeNO+. The molecule has 1 aliphatic heterocycles. The molecule has 0 bridgehead atoms. The molecule has 0 unspecified atom stereocenters. The van der Waals surface area contributed by atoms with Gasteiger partial charge in [-0.25, -0.2) is 0 Å². The summed E-state index contributed by atoms with van der Waals surface area (Å²) in [5.74, 6) is 9.35. The summed E-state index contributed by atoms with van der Waals surface area (Å²) in [4.78, 5) is 0. The van der Waals surface area contributed by atoms with E-state index in [1.54, 1.807) is 0 Å². The Labute approximate surface area is 191 Å². The fraction of sp³-hybridized carbons (Fsp3) is 0.207. The Morgan fingerprint density at radius 3 is 2.22 bits per heavy atom. The van der Waals surface area contributed by atoms with Crippen molar-refractivity contribution in [2.75, 3.05) is 0 Å². The van der Waals surface area contributed by atoms with Gasteiger partial charge < -0.3 is 0 Å². The van der Waals surface area contributed by atoms with Crippen LogP contribution < -0.4 is 13.7 Å². The summed E-state index contributed by atoms with van der Waals surface area (Å²) in [7, 11) is 2.16. The van der Waals surface area contributed by atoms with Crippen molar-refractivity contribution in [2.45, 2.75) is 31.1 Å². The van der Waals surface area contributed by atoms with Gasteiger partial charge in [-0.05, 0) is 0 Å². The van der Waals surface area contributed by atoms with Crippen LogP contribution >= 0.6 is 0 Å². The minimum atomic E-state index is -1.94. The average molecular weight is 479 g/mol. The van der Waals surface area contributed by atoms with Crippen LogP contribution in [0.25, 0.3) is 43.6 Å². The predicted molar refractivity (Wildman–Crippen MR) is 138 cm³/mol. The Bertz CT molecular complexity index is 1610. The summed E-state index contributed by atoms with van der Waals surface area (Å²) in [5.41, 5.74) is 4.98. The van der Waals surface area contributed by atoms with Crippen LogP contribution in [-0.4, -0.2) is 13.3 Å². The van der Waals surface area contributed by atoms with E-state index in [2.05, 4.69) is 104 Å². The molecule has 0 fully saturated rings. The molecule has 2 heterocycles. The number of fused-ring (bicyclic) bond motifs is 5. The number of rotatable bonds is 1. The summed E-state index contributed by atoms with van der Waals surface area (Å²) in [6, 6.07) is 20.3. The van der Waals surface area contributed by atoms with E-state index >= 15 is 0 Å². The molecule has 0 saturated heterocycles. The summed E-state index contributed by atoms with van der Waals surface area (Å²) in [6.45, 7) is 4.43. The second kappa shape index (κ2) is 6.58. The molecule has 1 aliphatic rings. The van der Waals surface area contributed by atoms with E-state index in [4.69, 9.17) is 4.74 Å². The van der Waals surface area contributed by atoms with Crippen LogP contribution in [0.5, 0.6) is 11.5 Å². The quantitative estimate of drug-likeness (QED) is 0.142. The molecule has 5 aromatic rings. The topological polar surface area (TPSA) is 13.1 Å². The van der Waals surface area contributed by atoms with Crippen LogP contribution in [0.15, 0.2) is 60.8 Å². The maximum atomic E-state index is 6.73. The Balaban J connectivity index is 1.80. The van der Waals surface area contributed by atoms with Gasteiger partial charge in [0.2, 0.25) is 0 Å². The van der Waals surface area contributed by atoms with E-state index < -0.39 is 13.3 Å². The number of aryl methyl sites for hydroxylation is 3. The van der Waals surface area contributed by atoms with Crippen molar-refractivity contribution in [3.63, 3.8) is 0 Å². The first-order chi connectivity index (χ1) is 15.3. The number of hydrogen-bond donors (Lipinski definition) is 0. The fourth-order valence-corrected chi connectivity index (χ4v) is 7.81. The SMILES string of the molecule is Cc1c2c(c(C)c3ccccc13)-c1c3c(cc4cc[c]([Ge]([CH3])([CH3])[CH3])cc4c3cc[n+]1C)O2. The van der Waals surface area contributed by atoms with Gasteiger partial charge in [-0.1, -0.05) is 0 Å². The number of pyridine rings is 1.